The molecule has 0 fully saturated rings. The van der Waals surface area contributed by atoms with Crippen LogP contribution < -0.4 is 30.5 Å². The third kappa shape index (κ3) is 10.6. The highest BCUT2D eigenvalue weighted by Gasteiger charge is 2.35. The van der Waals surface area contributed by atoms with E-state index >= 15 is 0 Å². The smallest absolute Gasteiger partial charge is 0.342 e. The normalized spacial score (nSPS) is 13.6. The summed E-state index contributed by atoms with van der Waals surface area (Å²) in [5, 5.41) is 2.93. The van der Waals surface area contributed by atoms with Crippen molar-refractivity contribution in [3.05, 3.63) is 107 Å². The second-order valence-corrected chi connectivity index (χ2v) is 13.3. The van der Waals surface area contributed by atoms with Crippen molar-refractivity contribution in [2.45, 2.75) is 32.0 Å². The van der Waals surface area contributed by atoms with Gasteiger partial charge in [0.25, 0.3) is 0 Å². The zero-order valence-corrected chi connectivity index (χ0v) is 29.2. The topological polar surface area (TPSA) is 191 Å². The number of anilines is 1. The molecule has 5 rings (SSSR count). The molecule has 0 aliphatic heterocycles. The number of H-pyrrole nitrogens is 1. The Hall–Kier alpha value is -5.21. The monoisotopic (exact) mass is 720 g/mol. The molecule has 5 aromatic rings. The summed E-state index contributed by atoms with van der Waals surface area (Å²) in [4.78, 5) is 37.7. The Morgan fingerprint density at radius 1 is 0.941 bits per heavy atom. The van der Waals surface area contributed by atoms with Crippen molar-refractivity contribution in [1.29, 1.82) is 0 Å². The molecule has 4 N–H and O–H groups in total. The number of esters is 1. The number of aromatic nitrogens is 4. The average Bonchev–Trinajstić information content (AvgIpc) is 3.45. The molecule has 16 heteroatoms. The molecule has 0 saturated carbocycles. The van der Waals surface area contributed by atoms with Crippen LogP contribution in [0.4, 0.5) is 5.82 Å². The van der Waals surface area contributed by atoms with E-state index in [1.165, 1.54) is 11.7 Å². The van der Waals surface area contributed by atoms with E-state index in [4.69, 9.17) is 33.9 Å². The van der Waals surface area contributed by atoms with Gasteiger partial charge in [-0.25, -0.2) is 9.88 Å². The Bertz CT molecular complexity index is 1940. The van der Waals surface area contributed by atoms with Crippen LogP contribution in [0, 0.1) is 0 Å². The third-order valence-electron chi connectivity index (χ3n) is 7.40. The van der Waals surface area contributed by atoms with Crippen LogP contribution in [0.1, 0.15) is 12.5 Å². The van der Waals surface area contributed by atoms with Gasteiger partial charge < -0.3 is 38.9 Å². The second-order valence-electron chi connectivity index (χ2n) is 11.2. The number of ether oxygens (including phenoxy) is 5. The maximum atomic E-state index is 14.7. The molecule has 2 aromatic heterocycles. The molecule has 0 radical (unpaired) electrons. The number of hydrogen-bond acceptors (Lipinski definition) is 12. The van der Waals surface area contributed by atoms with E-state index in [1.807, 2.05) is 48.5 Å². The summed E-state index contributed by atoms with van der Waals surface area (Å²) in [6.07, 6.45) is -1.25. The molecule has 0 bridgehead atoms. The number of nitrogens with one attached hydrogen (secondary N) is 2. The lowest BCUT2D eigenvalue weighted by Crippen LogP contribution is -2.40. The summed E-state index contributed by atoms with van der Waals surface area (Å²) in [7, 11) is -2.51. The number of nitrogen functional groups attached to an aromatic ring is 1. The fourth-order valence-corrected chi connectivity index (χ4v) is 6.72. The van der Waals surface area contributed by atoms with Crippen LogP contribution in [-0.2, 0) is 36.5 Å². The van der Waals surface area contributed by atoms with Crippen LogP contribution in [0.25, 0.3) is 11.2 Å². The number of fused-ring (bicyclic) bond motifs is 1. The Labute approximate surface area is 294 Å². The predicted octanol–water partition coefficient (Wildman–Crippen LogP) is 4.18. The van der Waals surface area contributed by atoms with E-state index in [-0.39, 0.29) is 68.1 Å². The Balaban J connectivity index is 1.45. The molecule has 0 amide bonds. The minimum absolute atomic E-state index is 0.00894. The number of methoxy groups -OCH3 is 1. The first-order chi connectivity index (χ1) is 24.8. The number of para-hydroxylation sites is 2. The van der Waals surface area contributed by atoms with E-state index in [0.717, 1.165) is 5.56 Å². The predicted molar refractivity (Wildman–Crippen MR) is 190 cm³/mol. The van der Waals surface area contributed by atoms with Crippen molar-refractivity contribution < 1.29 is 37.6 Å². The number of rotatable bonds is 20. The summed E-state index contributed by atoms with van der Waals surface area (Å²) in [6, 6.07) is 25.7. The van der Waals surface area contributed by atoms with Crippen molar-refractivity contribution >= 4 is 30.5 Å². The molecule has 51 heavy (non-hydrogen) atoms. The van der Waals surface area contributed by atoms with Gasteiger partial charge in [0.1, 0.15) is 48.7 Å². The van der Waals surface area contributed by atoms with Crippen LogP contribution in [0.5, 0.6) is 17.5 Å². The summed E-state index contributed by atoms with van der Waals surface area (Å²) in [5.74, 6) is 0.241. The molecule has 0 spiro atoms. The lowest BCUT2D eigenvalue weighted by Gasteiger charge is -2.27. The van der Waals surface area contributed by atoms with Crippen LogP contribution in [-0.4, -0.2) is 77.5 Å². The van der Waals surface area contributed by atoms with Gasteiger partial charge in [0.15, 0.2) is 11.5 Å². The van der Waals surface area contributed by atoms with Crippen LogP contribution in [0.3, 0.4) is 0 Å². The zero-order chi connectivity index (χ0) is 36.1. The third-order valence-corrected chi connectivity index (χ3v) is 9.10. The molecule has 2 heterocycles. The molecule has 15 nitrogen and oxygen atoms in total. The van der Waals surface area contributed by atoms with Crippen LogP contribution >= 0.6 is 7.52 Å². The number of nitrogens with two attached hydrogens (primary N) is 1. The largest absolute Gasteiger partial charge is 0.491 e. The summed E-state index contributed by atoms with van der Waals surface area (Å²) < 4.78 is 50.3. The molecule has 1 unspecified atom stereocenters. The molecule has 3 atom stereocenters. The van der Waals surface area contributed by atoms with Crippen molar-refractivity contribution in [3.63, 3.8) is 0 Å². The van der Waals surface area contributed by atoms with Crippen LogP contribution in [0.2, 0.25) is 0 Å². The molecular formula is C35H41N6O9P. The van der Waals surface area contributed by atoms with Gasteiger partial charge in [-0.05, 0) is 43.2 Å². The van der Waals surface area contributed by atoms with E-state index < -0.39 is 37.7 Å². The Kier molecular flexibility index (Phi) is 13.2. The quantitative estimate of drug-likeness (QED) is 0.0590. The highest BCUT2D eigenvalue weighted by atomic mass is 31.2. The number of carbonyl (C=O) groups is 1. The summed E-state index contributed by atoms with van der Waals surface area (Å²) in [5.41, 5.74) is 6.79. The summed E-state index contributed by atoms with van der Waals surface area (Å²) >= 11 is 0. The van der Waals surface area contributed by atoms with Gasteiger partial charge in [-0.3, -0.25) is 13.9 Å². The van der Waals surface area contributed by atoms with E-state index in [1.54, 1.807) is 49.4 Å². The fraction of sp³-hybridized carbons (Fsp3) is 0.314. The number of hydrogen-bond donors (Lipinski definition) is 3. The SMILES string of the molecule is CCOC(=O)[C@H](Cc1ccccc1)NP(=O)(CO[C@H](COc1ccccc1)Cn1c(=O)[nH]c2c(N)nc(OCCOC)nc21)Oc1ccccc1. The van der Waals surface area contributed by atoms with Crippen molar-refractivity contribution in [2.24, 2.45) is 0 Å². The van der Waals surface area contributed by atoms with E-state index in [9.17, 15) is 14.2 Å². The van der Waals surface area contributed by atoms with Crippen molar-refractivity contribution in [1.82, 2.24) is 24.6 Å². The highest BCUT2D eigenvalue weighted by Crippen LogP contribution is 2.44. The number of benzene rings is 3. The molecule has 3 aromatic carbocycles. The average molecular weight is 721 g/mol. The highest BCUT2D eigenvalue weighted by molar-refractivity contribution is 7.57. The van der Waals surface area contributed by atoms with Crippen molar-refractivity contribution in [3.8, 4) is 17.5 Å². The van der Waals surface area contributed by atoms with Gasteiger partial charge in [-0.1, -0.05) is 66.7 Å². The minimum Gasteiger partial charge on any atom is -0.491 e. The van der Waals surface area contributed by atoms with Gasteiger partial charge in [0.05, 0.1) is 19.8 Å². The maximum Gasteiger partial charge on any atom is 0.342 e. The number of carbonyl (C=O) groups excluding carboxylic acids is 1. The molecule has 270 valence electrons. The lowest BCUT2D eigenvalue weighted by molar-refractivity contribution is -0.145. The first kappa shape index (κ1) is 37.1. The van der Waals surface area contributed by atoms with Gasteiger partial charge in [-0.2, -0.15) is 9.97 Å². The first-order valence-corrected chi connectivity index (χ1v) is 18.1. The van der Waals surface area contributed by atoms with Gasteiger partial charge in [-0.15, -0.1) is 0 Å². The maximum absolute atomic E-state index is 14.7. The van der Waals surface area contributed by atoms with E-state index in [2.05, 4.69) is 20.0 Å². The molecular weight excluding hydrogens is 679 g/mol. The molecule has 0 aliphatic carbocycles. The van der Waals surface area contributed by atoms with E-state index in [0.29, 0.717) is 5.75 Å². The number of imidazole rings is 1. The lowest BCUT2D eigenvalue weighted by atomic mass is 10.1. The van der Waals surface area contributed by atoms with Gasteiger partial charge in [0.2, 0.25) is 0 Å². The number of nitrogens with zero attached hydrogens (tertiary/aromatic N) is 3. The Morgan fingerprint density at radius 3 is 2.27 bits per heavy atom. The number of aromatic amines is 1. The van der Waals surface area contributed by atoms with Gasteiger partial charge in [0, 0.05) is 7.11 Å². The van der Waals surface area contributed by atoms with Gasteiger partial charge >= 0.3 is 25.2 Å². The zero-order valence-electron chi connectivity index (χ0n) is 28.3. The first-order valence-electron chi connectivity index (χ1n) is 16.3. The minimum atomic E-state index is -4.04. The fourth-order valence-electron chi connectivity index (χ4n) is 5.00. The molecule has 0 saturated heterocycles. The Morgan fingerprint density at radius 2 is 1.61 bits per heavy atom. The standard InChI is InChI=1S/C35H41N6O9P/c1-3-46-33(42)29(21-25-13-7-4-8-14-25)40-51(44,50-27-17-11-6-12-18-27)24-49-28(23-48-26-15-9-5-10-16-26)22-41-32-30(37-35(41)43)31(36)38-34(39-32)47-20-19-45-2/h4-18,28-29H,3,19-24H2,1-2H3,(H,37,43)(H,40,44)(H2,36,38,39)/t28-,29-,51?/m0/s1. The second kappa shape index (κ2) is 18.2. The van der Waals surface area contributed by atoms with Crippen LogP contribution in [0.15, 0.2) is 95.8 Å². The van der Waals surface area contributed by atoms with Crippen molar-refractivity contribution in [2.75, 3.05) is 45.6 Å². The molecule has 0 aliphatic rings. The summed E-state index contributed by atoms with van der Waals surface area (Å²) in [6.45, 7) is 2.08.